The average molecular weight is 209 g/mol. The van der Waals surface area contributed by atoms with E-state index in [4.69, 9.17) is 0 Å². The normalized spacial score (nSPS) is 14.9. The highest BCUT2D eigenvalue weighted by Crippen LogP contribution is 2.32. The van der Waals surface area contributed by atoms with Crippen molar-refractivity contribution in [2.75, 3.05) is 0 Å². The lowest BCUT2D eigenvalue weighted by Gasteiger charge is -2.22. The van der Waals surface area contributed by atoms with Crippen LogP contribution >= 0.6 is 0 Å². The van der Waals surface area contributed by atoms with Gasteiger partial charge in [-0.15, -0.1) is 0 Å². The monoisotopic (exact) mass is 209 g/mol. The zero-order valence-electron chi connectivity index (χ0n) is 9.67. The van der Waals surface area contributed by atoms with Crippen molar-refractivity contribution in [3.8, 4) is 0 Å². The third kappa shape index (κ3) is 1.25. The van der Waals surface area contributed by atoms with Crippen LogP contribution in [0.3, 0.4) is 0 Å². The lowest BCUT2D eigenvalue weighted by molar-refractivity contribution is 0.796. The molecule has 0 aliphatic carbocycles. The summed E-state index contributed by atoms with van der Waals surface area (Å²) >= 11 is 0. The topological polar surface area (TPSA) is 12.0 Å². The highest BCUT2D eigenvalue weighted by atomic mass is 14.9. The molecule has 16 heavy (non-hydrogen) atoms. The van der Waals surface area contributed by atoms with Crippen molar-refractivity contribution in [2.45, 2.75) is 20.4 Å². The number of nitrogens with one attached hydrogen (secondary N) is 1. The number of fused-ring (bicyclic) bond motifs is 3. The quantitative estimate of drug-likeness (QED) is 0.697. The zero-order chi connectivity index (χ0) is 11.1. The Morgan fingerprint density at radius 3 is 2.69 bits per heavy atom. The molecule has 2 aromatic rings. The Balaban J connectivity index is 2.43. The lowest BCUT2D eigenvalue weighted by atomic mass is 9.91. The van der Waals surface area contributed by atoms with Gasteiger partial charge in [0.2, 0.25) is 0 Å². The summed E-state index contributed by atoms with van der Waals surface area (Å²) in [4.78, 5) is 0. The second-order valence-corrected chi connectivity index (χ2v) is 4.42. The van der Waals surface area contributed by atoms with Gasteiger partial charge in [-0.25, -0.2) is 0 Å². The first-order chi connectivity index (χ1) is 7.77. The Labute approximate surface area is 95.8 Å². The van der Waals surface area contributed by atoms with Crippen LogP contribution in [-0.2, 0) is 6.54 Å². The third-order valence-corrected chi connectivity index (χ3v) is 3.50. The SMILES string of the molecule is CC1=C(C)c2c(ccc3ccccc23)CN1. The van der Waals surface area contributed by atoms with Gasteiger partial charge in [0.05, 0.1) is 0 Å². The molecule has 0 saturated carbocycles. The summed E-state index contributed by atoms with van der Waals surface area (Å²) < 4.78 is 0. The maximum absolute atomic E-state index is 3.43. The molecular weight excluding hydrogens is 194 g/mol. The second kappa shape index (κ2) is 3.38. The molecule has 0 aromatic heterocycles. The van der Waals surface area contributed by atoms with E-state index in [1.54, 1.807) is 0 Å². The number of hydrogen-bond donors (Lipinski definition) is 1. The van der Waals surface area contributed by atoms with E-state index in [-0.39, 0.29) is 0 Å². The maximum atomic E-state index is 3.43. The molecule has 0 bridgehead atoms. The third-order valence-electron chi connectivity index (χ3n) is 3.50. The first-order valence-corrected chi connectivity index (χ1v) is 5.70. The predicted molar refractivity (Wildman–Crippen MR) is 69.1 cm³/mol. The van der Waals surface area contributed by atoms with Gasteiger partial charge in [0, 0.05) is 12.2 Å². The summed E-state index contributed by atoms with van der Waals surface area (Å²) in [7, 11) is 0. The fourth-order valence-corrected chi connectivity index (χ4v) is 2.45. The van der Waals surface area contributed by atoms with E-state index in [2.05, 4.69) is 55.6 Å². The van der Waals surface area contributed by atoms with E-state index >= 15 is 0 Å². The van der Waals surface area contributed by atoms with Crippen LogP contribution in [0.2, 0.25) is 0 Å². The molecule has 3 rings (SSSR count). The van der Waals surface area contributed by atoms with Crippen LogP contribution in [0.5, 0.6) is 0 Å². The van der Waals surface area contributed by atoms with Gasteiger partial charge >= 0.3 is 0 Å². The average Bonchev–Trinajstić information content (AvgIpc) is 2.33. The molecule has 0 saturated heterocycles. The Morgan fingerprint density at radius 1 is 1.00 bits per heavy atom. The fraction of sp³-hybridized carbons (Fsp3) is 0.200. The van der Waals surface area contributed by atoms with Crippen LogP contribution in [0.15, 0.2) is 42.1 Å². The van der Waals surface area contributed by atoms with Crippen molar-refractivity contribution in [3.05, 3.63) is 53.2 Å². The van der Waals surface area contributed by atoms with Gasteiger partial charge in [0.15, 0.2) is 0 Å². The van der Waals surface area contributed by atoms with E-state index in [0.717, 1.165) is 6.54 Å². The van der Waals surface area contributed by atoms with Crippen molar-refractivity contribution in [3.63, 3.8) is 0 Å². The largest absolute Gasteiger partial charge is 0.384 e. The Hall–Kier alpha value is -1.76. The van der Waals surface area contributed by atoms with Crippen molar-refractivity contribution in [1.29, 1.82) is 0 Å². The summed E-state index contributed by atoms with van der Waals surface area (Å²) in [6, 6.07) is 13.1. The van der Waals surface area contributed by atoms with Crippen LogP contribution in [-0.4, -0.2) is 0 Å². The molecule has 0 fully saturated rings. The van der Waals surface area contributed by atoms with Gasteiger partial charge in [0.25, 0.3) is 0 Å². The first kappa shape index (κ1) is 9.46. The minimum atomic E-state index is 0.948. The van der Waals surface area contributed by atoms with Crippen LogP contribution in [0.1, 0.15) is 25.0 Å². The Morgan fingerprint density at radius 2 is 1.81 bits per heavy atom. The van der Waals surface area contributed by atoms with E-state index in [0.29, 0.717) is 0 Å². The Bertz CT molecular complexity index is 593. The Kier molecular flexibility index (Phi) is 2.00. The molecule has 1 aliphatic heterocycles. The van der Waals surface area contributed by atoms with Crippen LogP contribution < -0.4 is 5.32 Å². The molecular formula is C15H15N. The van der Waals surface area contributed by atoms with Crippen LogP contribution in [0.25, 0.3) is 16.3 Å². The summed E-state index contributed by atoms with van der Waals surface area (Å²) in [6.07, 6.45) is 0. The number of rotatable bonds is 0. The summed E-state index contributed by atoms with van der Waals surface area (Å²) in [5.74, 6) is 0. The standard InChI is InChI=1S/C15H15N/c1-10-11(2)16-9-13-8-7-12-5-3-4-6-14(12)15(10)13/h3-8,16H,9H2,1-2H3. The smallest absolute Gasteiger partial charge is 0.0404 e. The van der Waals surface area contributed by atoms with Crippen molar-refractivity contribution in [1.82, 2.24) is 5.32 Å². The van der Waals surface area contributed by atoms with Crippen LogP contribution in [0.4, 0.5) is 0 Å². The second-order valence-electron chi connectivity index (χ2n) is 4.42. The molecule has 0 radical (unpaired) electrons. The molecule has 2 aromatic carbocycles. The van der Waals surface area contributed by atoms with E-state index in [1.165, 1.54) is 33.2 Å². The minimum absolute atomic E-state index is 0.948. The van der Waals surface area contributed by atoms with E-state index in [1.807, 2.05) is 0 Å². The highest BCUT2D eigenvalue weighted by Gasteiger charge is 2.15. The molecule has 1 N–H and O–H groups in total. The molecule has 80 valence electrons. The van der Waals surface area contributed by atoms with Gasteiger partial charge in [0.1, 0.15) is 0 Å². The molecule has 0 spiro atoms. The molecule has 0 atom stereocenters. The number of benzene rings is 2. The predicted octanol–water partition coefficient (Wildman–Crippen LogP) is 3.69. The molecule has 1 aliphatic rings. The summed E-state index contributed by atoms with van der Waals surface area (Å²) in [5.41, 5.74) is 5.50. The van der Waals surface area contributed by atoms with Crippen molar-refractivity contribution < 1.29 is 0 Å². The minimum Gasteiger partial charge on any atom is -0.384 e. The number of hydrogen-bond acceptors (Lipinski definition) is 1. The van der Waals surface area contributed by atoms with Gasteiger partial charge in [-0.1, -0.05) is 36.4 Å². The maximum Gasteiger partial charge on any atom is 0.0404 e. The van der Waals surface area contributed by atoms with Gasteiger partial charge in [-0.3, -0.25) is 0 Å². The van der Waals surface area contributed by atoms with Crippen LogP contribution in [0, 0.1) is 0 Å². The highest BCUT2D eigenvalue weighted by molar-refractivity contribution is 5.95. The lowest BCUT2D eigenvalue weighted by Crippen LogP contribution is -2.18. The molecule has 1 nitrogen and oxygen atoms in total. The first-order valence-electron chi connectivity index (χ1n) is 5.70. The molecule has 0 unspecified atom stereocenters. The van der Waals surface area contributed by atoms with E-state index in [9.17, 15) is 0 Å². The zero-order valence-corrected chi connectivity index (χ0v) is 9.67. The van der Waals surface area contributed by atoms with Crippen molar-refractivity contribution in [2.24, 2.45) is 0 Å². The molecule has 0 amide bonds. The molecule has 1 heteroatoms. The van der Waals surface area contributed by atoms with E-state index < -0.39 is 0 Å². The van der Waals surface area contributed by atoms with Gasteiger partial charge in [-0.2, -0.15) is 0 Å². The van der Waals surface area contributed by atoms with Crippen molar-refractivity contribution >= 4 is 16.3 Å². The number of allylic oxidation sites excluding steroid dienone is 2. The van der Waals surface area contributed by atoms with Gasteiger partial charge < -0.3 is 5.32 Å². The fourth-order valence-electron chi connectivity index (χ4n) is 2.45. The summed E-state index contributed by atoms with van der Waals surface area (Å²) in [5, 5.41) is 6.13. The van der Waals surface area contributed by atoms with Gasteiger partial charge in [-0.05, 0) is 41.3 Å². The summed E-state index contributed by atoms with van der Waals surface area (Å²) in [6.45, 7) is 5.30. The molecule has 1 heterocycles.